The van der Waals surface area contributed by atoms with Crippen LogP contribution in [0.15, 0.2) is 54.6 Å². The van der Waals surface area contributed by atoms with Gasteiger partial charge >= 0.3 is 6.03 Å². The zero-order chi connectivity index (χ0) is 27.8. The Morgan fingerprint density at radius 1 is 0.897 bits per heavy atom. The number of anilines is 2. The third-order valence-electron chi connectivity index (χ3n) is 6.00. The summed E-state index contributed by atoms with van der Waals surface area (Å²) in [5, 5.41) is 17.0. The normalized spacial score (nSPS) is 10.7. The number of amides is 3. The predicted molar refractivity (Wildman–Crippen MR) is 153 cm³/mol. The van der Waals surface area contributed by atoms with Crippen molar-refractivity contribution in [2.75, 3.05) is 45.1 Å². The van der Waals surface area contributed by atoms with E-state index in [4.69, 9.17) is 14.2 Å². The van der Waals surface area contributed by atoms with Crippen molar-refractivity contribution in [1.29, 1.82) is 0 Å². The Hall–Kier alpha value is -4.38. The van der Waals surface area contributed by atoms with Gasteiger partial charge in [-0.1, -0.05) is 54.7 Å². The van der Waals surface area contributed by atoms with E-state index in [2.05, 4.69) is 20.8 Å². The molecule has 0 aliphatic heterocycles. The van der Waals surface area contributed by atoms with E-state index in [0.717, 1.165) is 22.9 Å². The highest BCUT2D eigenvalue weighted by Crippen LogP contribution is 2.42. The van der Waals surface area contributed by atoms with E-state index < -0.39 is 0 Å². The minimum atomic E-state index is -0.262. The fourth-order valence-electron chi connectivity index (χ4n) is 4.13. The second-order valence-corrected chi connectivity index (χ2v) is 9.55. The Morgan fingerprint density at radius 2 is 1.62 bits per heavy atom. The molecule has 4 rings (SSSR count). The molecule has 0 spiro atoms. The number of hydrogen-bond acceptors (Lipinski definition) is 8. The minimum Gasteiger partial charge on any atom is -0.493 e. The highest BCUT2D eigenvalue weighted by atomic mass is 32.1. The Kier molecular flexibility index (Phi) is 9.16. The number of aromatic nitrogens is 2. The van der Waals surface area contributed by atoms with Gasteiger partial charge in [0.2, 0.25) is 16.8 Å². The number of carbonyl (C=O) groups excluding carboxylic acids is 2. The monoisotopic (exact) mass is 549 g/mol. The summed E-state index contributed by atoms with van der Waals surface area (Å²) in [6.07, 6.45) is 0.876. The molecular formula is C28H31N5O5S. The lowest BCUT2D eigenvalue weighted by atomic mass is 10.1. The molecule has 3 aromatic carbocycles. The van der Waals surface area contributed by atoms with Gasteiger partial charge in [0.05, 0.1) is 27.0 Å². The van der Waals surface area contributed by atoms with Crippen LogP contribution in [-0.4, -0.2) is 61.5 Å². The number of urea groups is 1. The molecule has 0 aliphatic rings. The molecule has 204 valence electrons. The molecular weight excluding hydrogens is 518 g/mol. The smallest absolute Gasteiger partial charge is 0.321 e. The van der Waals surface area contributed by atoms with Crippen LogP contribution in [0.5, 0.6) is 17.2 Å². The summed E-state index contributed by atoms with van der Waals surface area (Å²) in [7, 11) is 4.61. The second kappa shape index (κ2) is 12.9. The number of hydrogen-bond donors (Lipinski definition) is 2. The second-order valence-electron chi connectivity index (χ2n) is 8.57. The van der Waals surface area contributed by atoms with E-state index in [9.17, 15) is 9.59 Å². The maximum atomic E-state index is 13.1. The molecule has 0 aliphatic carbocycles. The van der Waals surface area contributed by atoms with Crippen molar-refractivity contribution in [2.45, 2.75) is 19.8 Å². The summed E-state index contributed by atoms with van der Waals surface area (Å²) in [6, 6.07) is 16.9. The molecule has 3 amide bonds. The van der Waals surface area contributed by atoms with Gasteiger partial charge in [-0.15, -0.1) is 10.2 Å². The maximum Gasteiger partial charge on any atom is 0.321 e. The van der Waals surface area contributed by atoms with E-state index in [-0.39, 0.29) is 24.9 Å². The molecule has 39 heavy (non-hydrogen) atoms. The molecule has 0 unspecified atom stereocenters. The Bertz CT molecular complexity index is 1430. The summed E-state index contributed by atoms with van der Waals surface area (Å²) in [4.78, 5) is 27.4. The number of nitrogens with one attached hydrogen (secondary N) is 2. The molecule has 0 radical (unpaired) electrons. The van der Waals surface area contributed by atoms with Crippen LogP contribution in [0.25, 0.3) is 21.3 Å². The highest BCUT2D eigenvalue weighted by Gasteiger charge is 2.19. The van der Waals surface area contributed by atoms with Crippen LogP contribution in [0.2, 0.25) is 0 Å². The van der Waals surface area contributed by atoms with Crippen molar-refractivity contribution in [3.05, 3.63) is 54.6 Å². The molecule has 0 saturated heterocycles. The summed E-state index contributed by atoms with van der Waals surface area (Å²) < 4.78 is 16.2. The van der Waals surface area contributed by atoms with Crippen LogP contribution in [0.3, 0.4) is 0 Å². The summed E-state index contributed by atoms with van der Waals surface area (Å²) in [5.41, 5.74) is 1.44. The number of nitrogens with zero attached hydrogens (tertiary/aromatic N) is 3. The van der Waals surface area contributed by atoms with Gasteiger partial charge in [-0.05, 0) is 30.0 Å². The van der Waals surface area contributed by atoms with Crippen molar-refractivity contribution < 1.29 is 23.8 Å². The SMILES string of the molecule is CCCN(CCC(=O)Nc1nnc(-c2cc(OC)c(OC)c(OC)c2)s1)C(=O)Nc1cccc2ccccc12. The van der Waals surface area contributed by atoms with Gasteiger partial charge in [0, 0.05) is 30.5 Å². The van der Waals surface area contributed by atoms with E-state index in [1.807, 2.05) is 49.4 Å². The molecule has 11 heteroatoms. The zero-order valence-electron chi connectivity index (χ0n) is 22.3. The van der Waals surface area contributed by atoms with Crippen LogP contribution in [0.1, 0.15) is 19.8 Å². The summed E-state index contributed by atoms with van der Waals surface area (Å²) >= 11 is 1.22. The molecule has 0 fully saturated rings. The fourth-order valence-corrected chi connectivity index (χ4v) is 4.87. The van der Waals surface area contributed by atoms with Crippen LogP contribution in [-0.2, 0) is 4.79 Å². The summed E-state index contributed by atoms with van der Waals surface area (Å²) in [6.45, 7) is 2.77. The lowest BCUT2D eigenvalue weighted by Gasteiger charge is -2.22. The first-order valence-corrected chi connectivity index (χ1v) is 13.3. The molecule has 10 nitrogen and oxygen atoms in total. The largest absolute Gasteiger partial charge is 0.493 e. The van der Waals surface area contributed by atoms with Gasteiger partial charge in [0.25, 0.3) is 0 Å². The van der Waals surface area contributed by atoms with E-state index in [0.29, 0.717) is 39.5 Å². The number of methoxy groups -OCH3 is 3. The van der Waals surface area contributed by atoms with Crippen molar-refractivity contribution in [1.82, 2.24) is 15.1 Å². The van der Waals surface area contributed by atoms with Crippen molar-refractivity contribution in [2.24, 2.45) is 0 Å². The minimum absolute atomic E-state index is 0.113. The third-order valence-corrected chi connectivity index (χ3v) is 6.89. The Labute approximate surface area is 230 Å². The van der Waals surface area contributed by atoms with Crippen molar-refractivity contribution in [3.63, 3.8) is 0 Å². The van der Waals surface area contributed by atoms with Crippen LogP contribution < -0.4 is 24.8 Å². The van der Waals surface area contributed by atoms with Crippen LogP contribution in [0, 0.1) is 0 Å². The molecule has 1 heterocycles. The first-order valence-electron chi connectivity index (χ1n) is 12.4. The topological polar surface area (TPSA) is 115 Å². The average Bonchev–Trinajstić information content (AvgIpc) is 3.42. The summed E-state index contributed by atoms with van der Waals surface area (Å²) in [5.74, 6) is 1.19. The number of benzene rings is 3. The fraction of sp³-hybridized carbons (Fsp3) is 0.286. The molecule has 0 bridgehead atoms. The van der Waals surface area contributed by atoms with Crippen molar-refractivity contribution in [3.8, 4) is 27.8 Å². The molecule has 2 N–H and O–H groups in total. The number of rotatable bonds is 11. The zero-order valence-corrected chi connectivity index (χ0v) is 23.1. The van der Waals surface area contributed by atoms with E-state index in [1.54, 1.807) is 17.0 Å². The van der Waals surface area contributed by atoms with Gasteiger partial charge in [-0.25, -0.2) is 4.79 Å². The number of ether oxygens (including phenoxy) is 3. The number of carbonyl (C=O) groups is 2. The van der Waals surface area contributed by atoms with Crippen molar-refractivity contribution >= 4 is 44.9 Å². The first kappa shape index (κ1) is 27.6. The average molecular weight is 550 g/mol. The quantitative estimate of drug-likeness (QED) is 0.248. The van der Waals surface area contributed by atoms with Gasteiger partial charge in [-0.2, -0.15) is 0 Å². The van der Waals surface area contributed by atoms with Gasteiger partial charge in [-0.3, -0.25) is 4.79 Å². The van der Waals surface area contributed by atoms with Crippen LogP contribution in [0.4, 0.5) is 15.6 Å². The first-order chi connectivity index (χ1) is 19.0. The lowest BCUT2D eigenvalue weighted by molar-refractivity contribution is -0.116. The van der Waals surface area contributed by atoms with Gasteiger partial charge in [0.15, 0.2) is 11.5 Å². The van der Waals surface area contributed by atoms with Gasteiger partial charge in [0.1, 0.15) is 5.01 Å². The highest BCUT2D eigenvalue weighted by molar-refractivity contribution is 7.18. The lowest BCUT2D eigenvalue weighted by Crippen LogP contribution is -2.37. The van der Waals surface area contributed by atoms with E-state index in [1.165, 1.54) is 32.7 Å². The maximum absolute atomic E-state index is 13.1. The van der Waals surface area contributed by atoms with E-state index >= 15 is 0 Å². The van der Waals surface area contributed by atoms with Crippen LogP contribution >= 0.6 is 11.3 Å². The van der Waals surface area contributed by atoms with Gasteiger partial charge < -0.3 is 29.7 Å². The third kappa shape index (κ3) is 6.55. The molecule has 0 saturated carbocycles. The number of fused-ring (bicyclic) bond motifs is 1. The Morgan fingerprint density at radius 3 is 2.31 bits per heavy atom. The molecule has 0 atom stereocenters. The molecule has 4 aromatic rings. The predicted octanol–water partition coefficient (Wildman–Crippen LogP) is 5.66. The Balaban J connectivity index is 1.39. The standard InChI is InChI=1S/C28H31N5O5S/c1-5-14-33(28(35)29-21-12-8-10-18-9-6-7-11-20(18)21)15-13-24(34)30-27-32-31-26(39-27)19-16-22(36-2)25(38-4)23(17-19)37-3/h6-12,16-17H,5,13-15H2,1-4H3,(H,29,35)(H,30,32,34). The molecule has 1 aromatic heterocycles.